The van der Waals surface area contributed by atoms with Crippen molar-refractivity contribution in [1.82, 2.24) is 29.9 Å². The van der Waals surface area contributed by atoms with Gasteiger partial charge in [-0.05, 0) is 26.7 Å². The number of nitrogens with one attached hydrogen (secondary N) is 1. The Morgan fingerprint density at radius 3 is 2.76 bits per heavy atom. The SMILES string of the molecule is CC(C)NC(=O)N1CCC[C@@H](c2nnc(CN3CCOCC3)n2C)C1. The maximum Gasteiger partial charge on any atom is 0.317 e. The van der Waals surface area contributed by atoms with E-state index in [1.807, 2.05) is 25.8 Å². The number of carbonyl (C=O) groups excluding carboxylic acids is 1. The predicted molar refractivity (Wildman–Crippen MR) is 94.3 cm³/mol. The monoisotopic (exact) mass is 350 g/mol. The first-order valence-corrected chi connectivity index (χ1v) is 9.28. The molecule has 0 radical (unpaired) electrons. The molecule has 1 aromatic rings. The van der Waals surface area contributed by atoms with E-state index in [4.69, 9.17) is 4.74 Å². The van der Waals surface area contributed by atoms with Crippen molar-refractivity contribution in [3.8, 4) is 0 Å². The number of rotatable bonds is 4. The molecule has 25 heavy (non-hydrogen) atoms. The van der Waals surface area contributed by atoms with E-state index in [0.29, 0.717) is 6.54 Å². The van der Waals surface area contributed by atoms with Gasteiger partial charge in [0, 0.05) is 45.2 Å². The molecule has 1 atom stereocenters. The molecule has 0 saturated carbocycles. The van der Waals surface area contributed by atoms with Crippen molar-refractivity contribution in [2.24, 2.45) is 7.05 Å². The lowest BCUT2D eigenvalue weighted by atomic mass is 9.97. The maximum atomic E-state index is 12.3. The highest BCUT2D eigenvalue weighted by atomic mass is 16.5. The molecule has 8 heteroatoms. The molecule has 2 aliphatic heterocycles. The zero-order chi connectivity index (χ0) is 17.8. The minimum absolute atomic E-state index is 0.0235. The van der Waals surface area contributed by atoms with Gasteiger partial charge in [-0.3, -0.25) is 4.90 Å². The molecule has 2 aliphatic rings. The normalized spacial score (nSPS) is 22.4. The highest BCUT2D eigenvalue weighted by Gasteiger charge is 2.29. The zero-order valence-corrected chi connectivity index (χ0v) is 15.6. The third kappa shape index (κ3) is 4.49. The second-order valence-corrected chi connectivity index (χ2v) is 7.31. The molecule has 140 valence electrons. The lowest BCUT2D eigenvalue weighted by Gasteiger charge is -2.33. The van der Waals surface area contributed by atoms with Crippen LogP contribution in [-0.2, 0) is 18.3 Å². The van der Waals surface area contributed by atoms with Gasteiger partial charge >= 0.3 is 6.03 Å². The van der Waals surface area contributed by atoms with Crippen LogP contribution in [0.4, 0.5) is 4.79 Å². The average Bonchev–Trinajstić information content (AvgIpc) is 2.96. The smallest absolute Gasteiger partial charge is 0.317 e. The number of urea groups is 1. The van der Waals surface area contributed by atoms with Gasteiger partial charge in [0.05, 0.1) is 19.8 Å². The van der Waals surface area contributed by atoms with Crippen LogP contribution in [0.3, 0.4) is 0 Å². The highest BCUT2D eigenvalue weighted by molar-refractivity contribution is 5.74. The lowest BCUT2D eigenvalue weighted by molar-refractivity contribution is 0.0326. The number of amides is 2. The average molecular weight is 350 g/mol. The molecular weight excluding hydrogens is 320 g/mol. The molecule has 2 fully saturated rings. The molecule has 0 spiro atoms. The topological polar surface area (TPSA) is 75.5 Å². The quantitative estimate of drug-likeness (QED) is 0.875. The van der Waals surface area contributed by atoms with Gasteiger partial charge in [0.15, 0.2) is 0 Å². The van der Waals surface area contributed by atoms with E-state index in [1.165, 1.54) is 0 Å². The fraction of sp³-hybridized carbons (Fsp3) is 0.824. The van der Waals surface area contributed by atoms with Crippen molar-refractivity contribution in [3.05, 3.63) is 11.6 Å². The lowest BCUT2D eigenvalue weighted by Crippen LogP contribution is -2.47. The van der Waals surface area contributed by atoms with Crippen LogP contribution in [0.1, 0.15) is 44.3 Å². The zero-order valence-electron chi connectivity index (χ0n) is 15.6. The van der Waals surface area contributed by atoms with Crippen LogP contribution in [0.25, 0.3) is 0 Å². The number of likely N-dealkylation sites (tertiary alicyclic amines) is 1. The molecule has 2 saturated heterocycles. The summed E-state index contributed by atoms with van der Waals surface area (Å²) in [6, 6.07) is 0.179. The summed E-state index contributed by atoms with van der Waals surface area (Å²) in [5.74, 6) is 2.23. The summed E-state index contributed by atoms with van der Waals surface area (Å²) in [6.07, 6.45) is 2.05. The Morgan fingerprint density at radius 1 is 1.28 bits per heavy atom. The van der Waals surface area contributed by atoms with Crippen molar-refractivity contribution < 1.29 is 9.53 Å². The molecule has 3 rings (SSSR count). The number of morpholine rings is 1. The minimum Gasteiger partial charge on any atom is -0.379 e. The maximum absolute atomic E-state index is 12.3. The van der Waals surface area contributed by atoms with E-state index in [9.17, 15) is 4.79 Å². The summed E-state index contributed by atoms with van der Waals surface area (Å²) in [7, 11) is 2.04. The molecule has 2 amide bonds. The standard InChI is InChI=1S/C17H30N6O2/c1-13(2)18-17(24)23-6-4-5-14(11-23)16-20-19-15(21(16)3)12-22-7-9-25-10-8-22/h13-14H,4-12H2,1-3H3,(H,18,24)/t14-/m1/s1. The second kappa shape index (κ2) is 8.14. The Morgan fingerprint density at radius 2 is 2.04 bits per heavy atom. The van der Waals surface area contributed by atoms with E-state index in [0.717, 1.165) is 63.9 Å². The Hall–Kier alpha value is -1.67. The van der Waals surface area contributed by atoms with E-state index in [2.05, 4.69) is 25.0 Å². The van der Waals surface area contributed by atoms with Gasteiger partial charge in [0.2, 0.25) is 0 Å². The van der Waals surface area contributed by atoms with Crippen molar-refractivity contribution in [2.45, 2.75) is 45.2 Å². The number of piperidine rings is 1. The van der Waals surface area contributed by atoms with E-state index < -0.39 is 0 Å². The van der Waals surface area contributed by atoms with Crippen LogP contribution < -0.4 is 5.32 Å². The molecule has 0 bridgehead atoms. The van der Waals surface area contributed by atoms with Crippen molar-refractivity contribution in [3.63, 3.8) is 0 Å². The molecular formula is C17H30N6O2. The van der Waals surface area contributed by atoms with Crippen LogP contribution in [0, 0.1) is 0 Å². The minimum atomic E-state index is 0.0235. The van der Waals surface area contributed by atoms with Crippen molar-refractivity contribution in [1.29, 1.82) is 0 Å². The number of carbonyl (C=O) groups is 1. The first-order valence-electron chi connectivity index (χ1n) is 9.28. The van der Waals surface area contributed by atoms with Gasteiger partial charge in [-0.25, -0.2) is 4.79 Å². The Balaban J connectivity index is 1.64. The van der Waals surface area contributed by atoms with Gasteiger partial charge in [-0.1, -0.05) is 0 Å². The molecule has 0 aliphatic carbocycles. The third-order valence-electron chi connectivity index (χ3n) is 4.95. The van der Waals surface area contributed by atoms with Crippen molar-refractivity contribution in [2.75, 3.05) is 39.4 Å². The van der Waals surface area contributed by atoms with E-state index in [-0.39, 0.29) is 18.0 Å². The summed E-state index contributed by atoms with van der Waals surface area (Å²) < 4.78 is 7.52. The Labute approximate surface area is 149 Å². The first-order chi connectivity index (χ1) is 12.0. The van der Waals surface area contributed by atoms with Gasteiger partial charge in [-0.2, -0.15) is 0 Å². The van der Waals surface area contributed by atoms with Crippen LogP contribution in [0.15, 0.2) is 0 Å². The van der Waals surface area contributed by atoms with Gasteiger partial charge in [-0.15, -0.1) is 10.2 Å². The summed E-state index contributed by atoms with van der Waals surface area (Å²) in [6.45, 7) is 9.75. The predicted octanol–water partition coefficient (Wildman–Crippen LogP) is 0.945. The van der Waals surface area contributed by atoms with E-state index in [1.54, 1.807) is 0 Å². The molecule has 1 aromatic heterocycles. The molecule has 0 aromatic carbocycles. The summed E-state index contributed by atoms with van der Waals surface area (Å²) in [4.78, 5) is 16.5. The summed E-state index contributed by atoms with van der Waals surface area (Å²) in [5, 5.41) is 11.9. The molecule has 1 N–H and O–H groups in total. The van der Waals surface area contributed by atoms with Gasteiger partial charge in [0.25, 0.3) is 0 Å². The largest absolute Gasteiger partial charge is 0.379 e. The van der Waals surface area contributed by atoms with Crippen LogP contribution in [0.5, 0.6) is 0 Å². The fourth-order valence-electron chi connectivity index (χ4n) is 3.54. The van der Waals surface area contributed by atoms with E-state index >= 15 is 0 Å². The molecule has 3 heterocycles. The number of hydrogen-bond donors (Lipinski definition) is 1. The number of hydrogen-bond acceptors (Lipinski definition) is 5. The van der Waals surface area contributed by atoms with Crippen LogP contribution in [-0.4, -0.2) is 76.0 Å². The van der Waals surface area contributed by atoms with Crippen LogP contribution in [0.2, 0.25) is 0 Å². The summed E-state index contributed by atoms with van der Waals surface area (Å²) >= 11 is 0. The highest BCUT2D eigenvalue weighted by Crippen LogP contribution is 2.26. The van der Waals surface area contributed by atoms with Gasteiger partial charge in [0.1, 0.15) is 11.6 Å². The van der Waals surface area contributed by atoms with Crippen molar-refractivity contribution >= 4 is 6.03 Å². The molecule has 8 nitrogen and oxygen atoms in total. The molecule has 0 unspecified atom stereocenters. The second-order valence-electron chi connectivity index (χ2n) is 7.31. The number of nitrogens with zero attached hydrogens (tertiary/aromatic N) is 5. The Bertz CT molecular complexity index is 582. The Kier molecular flexibility index (Phi) is 5.90. The van der Waals surface area contributed by atoms with Crippen LogP contribution >= 0.6 is 0 Å². The summed E-state index contributed by atoms with van der Waals surface area (Å²) in [5.41, 5.74) is 0. The number of ether oxygens (including phenoxy) is 1. The number of aromatic nitrogens is 3. The van der Waals surface area contributed by atoms with Gasteiger partial charge < -0.3 is 19.5 Å². The fourth-order valence-corrected chi connectivity index (χ4v) is 3.54. The first kappa shape index (κ1) is 18.1. The third-order valence-corrected chi connectivity index (χ3v) is 4.95.